The van der Waals surface area contributed by atoms with Crippen LogP contribution in [0.15, 0.2) is 0 Å². The van der Waals surface area contributed by atoms with Crippen molar-refractivity contribution in [1.82, 2.24) is 0 Å². The maximum atomic E-state index is 11.2. The first kappa shape index (κ1) is 9.62. The van der Waals surface area contributed by atoms with Crippen molar-refractivity contribution in [3.63, 3.8) is 0 Å². The van der Waals surface area contributed by atoms with Gasteiger partial charge in [0.15, 0.2) is 0 Å². The summed E-state index contributed by atoms with van der Waals surface area (Å²) in [5, 5.41) is 0. The Labute approximate surface area is 77.5 Å². The zero-order chi connectivity index (χ0) is 9.69. The molecule has 0 aromatic heterocycles. The van der Waals surface area contributed by atoms with Gasteiger partial charge in [0.2, 0.25) is 6.23 Å². The van der Waals surface area contributed by atoms with Crippen molar-refractivity contribution in [3.05, 3.63) is 0 Å². The van der Waals surface area contributed by atoms with Crippen molar-refractivity contribution < 1.29 is 23.0 Å². The van der Waals surface area contributed by atoms with Gasteiger partial charge in [-0.1, -0.05) is 0 Å². The third-order valence-electron chi connectivity index (χ3n) is 2.74. The SMILES string of the molecule is C[N+]1(C)CCCC2OP(=O)(O)OC21. The number of hydrogen-bond acceptors (Lipinski definition) is 3. The Hall–Kier alpha value is 0.0700. The minimum absolute atomic E-state index is 0.209. The first-order valence-corrected chi connectivity index (χ1v) is 5.93. The second-order valence-electron chi connectivity index (χ2n) is 4.25. The number of nitrogens with zero attached hydrogens (tertiary/aromatic N) is 1. The standard InChI is InChI=1S/C7H14NO4P/c1-8(2)5-3-4-6-7(8)12-13(9,10)11-6/h6-7H,3-5H2,1-2H3/p+1. The van der Waals surface area contributed by atoms with Gasteiger partial charge in [-0.25, -0.2) is 9.09 Å². The maximum absolute atomic E-state index is 11.2. The summed E-state index contributed by atoms with van der Waals surface area (Å²) in [5.41, 5.74) is 0. The van der Waals surface area contributed by atoms with Gasteiger partial charge < -0.3 is 9.38 Å². The van der Waals surface area contributed by atoms with E-state index < -0.39 is 7.82 Å². The molecule has 3 unspecified atom stereocenters. The van der Waals surface area contributed by atoms with Crippen molar-refractivity contribution in [1.29, 1.82) is 0 Å². The first-order valence-electron chi connectivity index (χ1n) is 4.43. The van der Waals surface area contributed by atoms with Crippen LogP contribution in [-0.2, 0) is 13.6 Å². The lowest BCUT2D eigenvalue weighted by atomic mass is 10.1. The van der Waals surface area contributed by atoms with Crippen molar-refractivity contribution >= 4 is 7.82 Å². The second-order valence-corrected chi connectivity index (χ2v) is 5.61. The van der Waals surface area contributed by atoms with Crippen LogP contribution in [0.5, 0.6) is 0 Å². The summed E-state index contributed by atoms with van der Waals surface area (Å²) < 4.78 is 21.8. The lowest BCUT2D eigenvalue weighted by molar-refractivity contribution is -0.939. The highest BCUT2D eigenvalue weighted by Gasteiger charge is 2.53. The fraction of sp³-hybridized carbons (Fsp3) is 1.00. The van der Waals surface area contributed by atoms with Crippen LogP contribution in [0.4, 0.5) is 0 Å². The number of likely N-dealkylation sites (N-methyl/N-ethyl adjacent to an activating group) is 1. The van der Waals surface area contributed by atoms with Gasteiger partial charge in [-0.3, -0.25) is 4.52 Å². The van der Waals surface area contributed by atoms with Crippen LogP contribution in [0.25, 0.3) is 0 Å². The third-order valence-corrected chi connectivity index (χ3v) is 3.76. The minimum atomic E-state index is -3.74. The van der Waals surface area contributed by atoms with Crippen LogP contribution in [0.3, 0.4) is 0 Å². The lowest BCUT2D eigenvalue weighted by Crippen LogP contribution is -2.56. The van der Waals surface area contributed by atoms with Crippen molar-refractivity contribution in [2.24, 2.45) is 0 Å². The van der Waals surface area contributed by atoms with Crippen molar-refractivity contribution in [2.45, 2.75) is 25.2 Å². The fourth-order valence-electron chi connectivity index (χ4n) is 2.05. The van der Waals surface area contributed by atoms with Gasteiger partial charge in [0.1, 0.15) is 6.10 Å². The fourth-order valence-corrected chi connectivity index (χ4v) is 3.32. The van der Waals surface area contributed by atoms with Crippen LogP contribution < -0.4 is 0 Å². The molecule has 2 heterocycles. The van der Waals surface area contributed by atoms with Crippen molar-refractivity contribution in [2.75, 3.05) is 20.6 Å². The van der Waals surface area contributed by atoms with Gasteiger partial charge >= 0.3 is 7.82 Å². The molecule has 0 aliphatic carbocycles. The van der Waals surface area contributed by atoms with Crippen molar-refractivity contribution in [3.8, 4) is 0 Å². The summed E-state index contributed by atoms with van der Waals surface area (Å²) in [4.78, 5) is 9.16. The largest absolute Gasteiger partial charge is 0.477 e. The molecular weight excluding hydrogens is 193 g/mol. The number of likely N-dealkylation sites (tertiary alicyclic amines) is 1. The number of piperidine rings is 1. The van der Waals surface area contributed by atoms with Crippen LogP contribution >= 0.6 is 7.82 Å². The minimum Gasteiger partial charge on any atom is -0.302 e. The monoisotopic (exact) mass is 208 g/mol. The number of quaternary nitrogens is 1. The molecular formula is C7H15NO4P+. The Kier molecular flexibility index (Phi) is 2.06. The molecule has 0 aromatic carbocycles. The average molecular weight is 208 g/mol. The number of rotatable bonds is 0. The van der Waals surface area contributed by atoms with Gasteiger partial charge in [0.25, 0.3) is 0 Å². The highest BCUT2D eigenvalue weighted by Crippen LogP contribution is 2.55. The number of hydrogen-bond donors (Lipinski definition) is 1. The van der Waals surface area contributed by atoms with E-state index in [0.29, 0.717) is 4.48 Å². The topological polar surface area (TPSA) is 55.8 Å². The maximum Gasteiger partial charge on any atom is 0.477 e. The molecule has 2 saturated heterocycles. The molecule has 3 atom stereocenters. The molecule has 2 aliphatic heterocycles. The first-order chi connectivity index (χ1) is 5.91. The summed E-state index contributed by atoms with van der Waals surface area (Å²) in [7, 11) is 0.239. The highest BCUT2D eigenvalue weighted by molar-refractivity contribution is 7.47. The zero-order valence-electron chi connectivity index (χ0n) is 7.84. The number of phosphoric ester groups is 1. The smallest absolute Gasteiger partial charge is 0.302 e. The van der Waals surface area contributed by atoms with E-state index >= 15 is 0 Å². The van der Waals surface area contributed by atoms with E-state index in [4.69, 9.17) is 13.9 Å². The van der Waals surface area contributed by atoms with Gasteiger partial charge in [0, 0.05) is 0 Å². The quantitative estimate of drug-likeness (QED) is 0.470. The Balaban J connectivity index is 2.22. The van der Waals surface area contributed by atoms with Crippen LogP contribution in [0.1, 0.15) is 12.8 Å². The molecule has 76 valence electrons. The van der Waals surface area contributed by atoms with Gasteiger partial charge in [-0.05, 0) is 12.8 Å². The number of phosphoric acid groups is 1. The molecule has 1 N–H and O–H groups in total. The second kappa shape index (κ2) is 2.78. The van der Waals surface area contributed by atoms with E-state index in [2.05, 4.69) is 0 Å². The van der Waals surface area contributed by atoms with E-state index in [1.54, 1.807) is 0 Å². The summed E-state index contributed by atoms with van der Waals surface area (Å²) in [6, 6.07) is 0. The Morgan fingerprint density at radius 2 is 2.15 bits per heavy atom. The molecule has 0 aromatic rings. The Bertz CT molecular complexity index is 267. The third kappa shape index (κ3) is 1.67. The molecule has 2 aliphatic rings. The van der Waals surface area contributed by atoms with Gasteiger partial charge in [-0.2, -0.15) is 0 Å². The number of fused-ring (bicyclic) bond motifs is 1. The molecule has 6 heteroatoms. The summed E-state index contributed by atoms with van der Waals surface area (Å²) in [5.74, 6) is 0. The van der Waals surface area contributed by atoms with E-state index in [9.17, 15) is 4.57 Å². The molecule has 0 bridgehead atoms. The van der Waals surface area contributed by atoms with Crippen LogP contribution in [0.2, 0.25) is 0 Å². The molecule has 0 amide bonds. The summed E-state index contributed by atoms with van der Waals surface area (Å²) >= 11 is 0. The highest BCUT2D eigenvalue weighted by atomic mass is 31.2. The predicted molar refractivity (Wildman–Crippen MR) is 45.8 cm³/mol. The van der Waals surface area contributed by atoms with Gasteiger partial charge in [-0.15, -0.1) is 0 Å². The molecule has 2 rings (SSSR count). The van der Waals surface area contributed by atoms with Gasteiger partial charge in [0.05, 0.1) is 20.6 Å². The molecule has 0 radical (unpaired) electrons. The zero-order valence-corrected chi connectivity index (χ0v) is 8.74. The summed E-state index contributed by atoms with van der Waals surface area (Å²) in [6.45, 7) is 0.963. The van der Waals surface area contributed by atoms with E-state index in [-0.39, 0.29) is 12.3 Å². The van der Waals surface area contributed by atoms with Crippen LogP contribution in [-0.4, -0.2) is 42.3 Å². The van der Waals surface area contributed by atoms with E-state index in [1.165, 1.54) is 0 Å². The van der Waals surface area contributed by atoms with E-state index in [0.717, 1.165) is 19.4 Å². The van der Waals surface area contributed by atoms with Crippen LogP contribution in [0, 0.1) is 0 Å². The Morgan fingerprint density at radius 3 is 2.77 bits per heavy atom. The predicted octanol–water partition coefficient (Wildman–Crippen LogP) is 0.698. The lowest BCUT2D eigenvalue weighted by Gasteiger charge is -2.39. The molecule has 13 heavy (non-hydrogen) atoms. The average Bonchev–Trinajstić information content (AvgIpc) is 2.25. The molecule has 2 fully saturated rings. The van der Waals surface area contributed by atoms with E-state index in [1.807, 2.05) is 14.1 Å². The molecule has 5 nitrogen and oxygen atoms in total. The molecule has 0 spiro atoms. The summed E-state index contributed by atoms with van der Waals surface area (Å²) in [6.07, 6.45) is 1.35. The Morgan fingerprint density at radius 1 is 1.46 bits per heavy atom. The normalized spacial score (nSPS) is 48.8. The molecule has 0 saturated carbocycles.